The van der Waals surface area contributed by atoms with E-state index in [1.165, 1.54) is 82.8 Å². The maximum absolute atomic E-state index is 11.5. The summed E-state index contributed by atoms with van der Waals surface area (Å²) in [6.07, 6.45) is 12.8. The highest BCUT2D eigenvalue weighted by Gasteiger charge is 2.10. The molecule has 0 aliphatic rings. The Hall–Kier alpha value is -2.65. The molecule has 0 aliphatic carbocycles. The van der Waals surface area contributed by atoms with Gasteiger partial charge < -0.3 is 10.4 Å². The lowest BCUT2D eigenvalue weighted by atomic mass is 9.90. The molecule has 4 aromatic carbocycles. The molecule has 0 spiro atoms. The molecule has 0 aliphatic heterocycles. The summed E-state index contributed by atoms with van der Waals surface area (Å²) in [6.45, 7) is 0.389. The first kappa shape index (κ1) is 23.5. The molecule has 0 saturated carbocycles. The number of hydrogen-bond donors (Lipinski definition) is 2. The molecule has 2 N–H and O–H groups in total. The third-order valence-corrected chi connectivity index (χ3v) is 6.90. The number of aliphatic hydroxyl groups excluding tert-OH is 1. The maximum Gasteiger partial charge on any atom is 0.220 e. The van der Waals surface area contributed by atoms with Crippen LogP contribution in [-0.2, 0) is 11.2 Å². The number of carbonyl (C=O) groups excluding carboxylic acids is 1. The van der Waals surface area contributed by atoms with Crippen molar-refractivity contribution < 1.29 is 9.90 Å². The molecular formula is C30H37NO2. The van der Waals surface area contributed by atoms with Crippen LogP contribution in [0.2, 0.25) is 0 Å². The van der Waals surface area contributed by atoms with Crippen molar-refractivity contribution in [2.45, 2.75) is 70.6 Å². The van der Waals surface area contributed by atoms with Gasteiger partial charge in [-0.1, -0.05) is 99.5 Å². The molecule has 0 bridgehead atoms. The number of hydrogen-bond acceptors (Lipinski definition) is 2. The van der Waals surface area contributed by atoms with E-state index in [-0.39, 0.29) is 12.5 Å². The molecule has 0 radical (unpaired) electrons. The molecule has 3 nitrogen and oxygen atoms in total. The zero-order valence-electron chi connectivity index (χ0n) is 19.7. The summed E-state index contributed by atoms with van der Waals surface area (Å²) in [7, 11) is 0. The Morgan fingerprint density at radius 1 is 0.667 bits per heavy atom. The number of nitrogens with one attached hydrogen (secondary N) is 1. The summed E-state index contributed by atoms with van der Waals surface area (Å²) >= 11 is 0. The zero-order chi connectivity index (χ0) is 22.9. The second kappa shape index (κ2) is 12.0. The summed E-state index contributed by atoms with van der Waals surface area (Å²) in [4.78, 5) is 11.5. The number of aryl methyl sites for hydroxylation is 1. The van der Waals surface area contributed by atoms with Gasteiger partial charge in [-0.05, 0) is 57.1 Å². The molecule has 0 fully saturated rings. The van der Waals surface area contributed by atoms with E-state index in [9.17, 15) is 4.79 Å². The molecule has 33 heavy (non-hydrogen) atoms. The lowest BCUT2D eigenvalue weighted by molar-refractivity contribution is -0.121. The lowest BCUT2D eigenvalue weighted by Crippen LogP contribution is -2.25. The highest BCUT2D eigenvalue weighted by Crippen LogP contribution is 2.36. The van der Waals surface area contributed by atoms with Crippen molar-refractivity contribution in [1.29, 1.82) is 0 Å². The van der Waals surface area contributed by atoms with Crippen LogP contribution < -0.4 is 5.32 Å². The Balaban J connectivity index is 1.16. The van der Waals surface area contributed by atoms with E-state index < -0.39 is 0 Å². The van der Waals surface area contributed by atoms with Crippen molar-refractivity contribution in [3.63, 3.8) is 0 Å². The van der Waals surface area contributed by atoms with Crippen molar-refractivity contribution >= 4 is 38.2 Å². The van der Waals surface area contributed by atoms with Gasteiger partial charge in [-0.25, -0.2) is 0 Å². The summed E-state index contributed by atoms with van der Waals surface area (Å²) in [6, 6.07) is 20.4. The van der Waals surface area contributed by atoms with Crippen molar-refractivity contribution in [1.82, 2.24) is 5.32 Å². The molecule has 174 valence electrons. The van der Waals surface area contributed by atoms with Crippen molar-refractivity contribution in [2.24, 2.45) is 0 Å². The fourth-order valence-corrected chi connectivity index (χ4v) is 5.14. The summed E-state index contributed by atoms with van der Waals surface area (Å²) in [5.41, 5.74) is 1.49. The highest BCUT2D eigenvalue weighted by molar-refractivity contribution is 6.23. The molecule has 3 heteroatoms. The molecule has 0 heterocycles. The van der Waals surface area contributed by atoms with Crippen molar-refractivity contribution in [3.05, 3.63) is 60.2 Å². The van der Waals surface area contributed by atoms with Gasteiger partial charge in [0.15, 0.2) is 0 Å². The smallest absolute Gasteiger partial charge is 0.220 e. The van der Waals surface area contributed by atoms with Gasteiger partial charge in [0.2, 0.25) is 5.91 Å². The largest absolute Gasteiger partial charge is 0.395 e. The van der Waals surface area contributed by atoms with Gasteiger partial charge >= 0.3 is 0 Å². The molecular weight excluding hydrogens is 406 g/mol. The van der Waals surface area contributed by atoms with Gasteiger partial charge in [0, 0.05) is 13.0 Å². The van der Waals surface area contributed by atoms with E-state index in [0.29, 0.717) is 13.0 Å². The zero-order valence-corrected chi connectivity index (χ0v) is 19.7. The van der Waals surface area contributed by atoms with E-state index in [2.05, 4.69) is 59.9 Å². The van der Waals surface area contributed by atoms with Crippen LogP contribution in [0.4, 0.5) is 0 Å². The van der Waals surface area contributed by atoms with Crippen LogP contribution in [0.25, 0.3) is 32.3 Å². The first-order valence-corrected chi connectivity index (χ1v) is 12.8. The predicted octanol–water partition coefficient (Wildman–Crippen LogP) is 7.14. The highest BCUT2D eigenvalue weighted by atomic mass is 16.3. The minimum absolute atomic E-state index is 0.0181. The Labute approximate surface area is 197 Å². The fourth-order valence-electron chi connectivity index (χ4n) is 5.14. The topological polar surface area (TPSA) is 49.3 Å². The van der Waals surface area contributed by atoms with Gasteiger partial charge in [-0.2, -0.15) is 0 Å². The van der Waals surface area contributed by atoms with E-state index in [1.807, 2.05) is 0 Å². The number of unbranched alkanes of at least 4 members (excludes halogenated alkanes) is 8. The summed E-state index contributed by atoms with van der Waals surface area (Å²) in [5, 5.41) is 19.7. The van der Waals surface area contributed by atoms with E-state index in [4.69, 9.17) is 5.11 Å². The van der Waals surface area contributed by atoms with E-state index in [1.54, 1.807) is 0 Å². The average molecular weight is 444 g/mol. The van der Waals surface area contributed by atoms with E-state index in [0.717, 1.165) is 19.3 Å². The van der Waals surface area contributed by atoms with Crippen LogP contribution in [0.5, 0.6) is 0 Å². The number of rotatable bonds is 14. The van der Waals surface area contributed by atoms with Gasteiger partial charge in [0.05, 0.1) is 6.61 Å². The average Bonchev–Trinajstić information content (AvgIpc) is 2.85. The molecule has 4 aromatic rings. The first-order valence-electron chi connectivity index (χ1n) is 12.8. The second-order valence-corrected chi connectivity index (χ2v) is 9.34. The SMILES string of the molecule is O=C(CCCCCCCCCCCc1ccc2ccc3cccc4ccc1c2c34)NCCO. The Bertz CT molecular complexity index is 1150. The van der Waals surface area contributed by atoms with E-state index >= 15 is 0 Å². The Morgan fingerprint density at radius 2 is 1.24 bits per heavy atom. The molecule has 0 aromatic heterocycles. The van der Waals surface area contributed by atoms with Gasteiger partial charge in [0.1, 0.15) is 0 Å². The van der Waals surface area contributed by atoms with Crippen LogP contribution in [0.15, 0.2) is 54.6 Å². The van der Waals surface area contributed by atoms with Crippen LogP contribution in [0.3, 0.4) is 0 Å². The third kappa shape index (κ3) is 6.03. The molecule has 0 unspecified atom stereocenters. The minimum Gasteiger partial charge on any atom is -0.395 e. The van der Waals surface area contributed by atoms with Crippen LogP contribution >= 0.6 is 0 Å². The number of aliphatic hydroxyl groups is 1. The maximum atomic E-state index is 11.5. The number of carbonyl (C=O) groups is 1. The fraction of sp³-hybridized carbons (Fsp3) is 0.433. The molecule has 0 atom stereocenters. The van der Waals surface area contributed by atoms with Crippen molar-refractivity contribution in [3.8, 4) is 0 Å². The first-order chi connectivity index (χ1) is 16.3. The Kier molecular flexibility index (Phi) is 8.54. The van der Waals surface area contributed by atoms with Gasteiger partial charge in [-0.15, -0.1) is 0 Å². The standard InChI is InChI=1S/C30H37NO2/c32-22-21-31-28(33)14-9-7-5-3-1-2-4-6-8-11-23-15-16-26-18-17-24-12-10-13-25-19-20-27(23)30(26)29(24)25/h10,12-13,15-20,32H,1-9,11,14,21-22H2,(H,31,33). The molecule has 0 saturated heterocycles. The van der Waals surface area contributed by atoms with Crippen molar-refractivity contribution in [2.75, 3.05) is 13.2 Å². The molecule has 1 amide bonds. The minimum atomic E-state index is 0.0181. The van der Waals surface area contributed by atoms with Gasteiger partial charge in [0.25, 0.3) is 0 Å². The van der Waals surface area contributed by atoms with Gasteiger partial charge in [-0.3, -0.25) is 4.79 Å². The normalized spacial score (nSPS) is 11.7. The third-order valence-electron chi connectivity index (χ3n) is 6.90. The summed E-state index contributed by atoms with van der Waals surface area (Å²) < 4.78 is 0. The number of amides is 1. The van der Waals surface area contributed by atoms with Crippen LogP contribution in [-0.4, -0.2) is 24.2 Å². The lowest BCUT2D eigenvalue weighted by Gasteiger charge is -2.14. The van der Waals surface area contributed by atoms with Crippen LogP contribution in [0.1, 0.15) is 69.8 Å². The molecule has 4 rings (SSSR count). The van der Waals surface area contributed by atoms with Crippen LogP contribution in [0, 0.1) is 0 Å². The second-order valence-electron chi connectivity index (χ2n) is 9.34. The predicted molar refractivity (Wildman–Crippen MR) is 140 cm³/mol. The quantitative estimate of drug-likeness (QED) is 0.161. The summed E-state index contributed by atoms with van der Waals surface area (Å²) in [5.74, 6) is 0.0636. The Morgan fingerprint density at radius 3 is 1.94 bits per heavy atom. The number of benzene rings is 4. The monoisotopic (exact) mass is 443 g/mol.